The molecule has 0 atom stereocenters. The van der Waals surface area contributed by atoms with Crippen LogP contribution in [0.25, 0.3) is 0 Å². The molecular weight excluding hydrogens is 354 g/mol. The van der Waals surface area contributed by atoms with E-state index in [1.165, 1.54) is 7.11 Å². The van der Waals surface area contributed by atoms with Crippen LogP contribution in [0.2, 0.25) is 5.02 Å². The summed E-state index contributed by atoms with van der Waals surface area (Å²) in [5, 5.41) is 6.41. The van der Waals surface area contributed by atoms with E-state index in [0.29, 0.717) is 16.4 Å². The quantitative estimate of drug-likeness (QED) is 0.633. The van der Waals surface area contributed by atoms with Gasteiger partial charge in [-0.15, -0.1) is 0 Å². The van der Waals surface area contributed by atoms with E-state index in [2.05, 4.69) is 20.6 Å². The van der Waals surface area contributed by atoms with Gasteiger partial charge in [0.2, 0.25) is 11.8 Å². The monoisotopic (exact) mass is 369 g/mol. The lowest BCUT2D eigenvalue weighted by molar-refractivity contribution is 0.102. The van der Waals surface area contributed by atoms with Gasteiger partial charge in [0, 0.05) is 16.3 Å². The Morgan fingerprint density at radius 1 is 1.08 bits per heavy atom. The lowest BCUT2D eigenvalue weighted by Crippen LogP contribution is -2.16. The Bertz CT molecular complexity index is 917. The number of nitrogens with two attached hydrogens (primary N) is 1. The molecular formula is C18H16ClN5O2. The van der Waals surface area contributed by atoms with E-state index >= 15 is 0 Å². The van der Waals surface area contributed by atoms with Crippen molar-refractivity contribution in [2.24, 2.45) is 0 Å². The molecule has 0 bridgehead atoms. The summed E-state index contributed by atoms with van der Waals surface area (Å²) in [5.74, 6) is 0.135. The van der Waals surface area contributed by atoms with Gasteiger partial charge in [0.15, 0.2) is 5.82 Å². The first-order valence-corrected chi connectivity index (χ1v) is 8.05. The molecule has 7 nitrogen and oxygen atoms in total. The smallest absolute Gasteiger partial charge is 0.255 e. The molecule has 0 aliphatic heterocycles. The molecule has 3 aromatic rings. The van der Waals surface area contributed by atoms with E-state index in [1.54, 1.807) is 24.3 Å². The van der Waals surface area contributed by atoms with Crippen LogP contribution < -0.4 is 21.1 Å². The van der Waals surface area contributed by atoms with Crippen LogP contribution in [-0.2, 0) is 0 Å². The summed E-state index contributed by atoms with van der Waals surface area (Å²) in [4.78, 5) is 20.8. The summed E-state index contributed by atoms with van der Waals surface area (Å²) < 4.78 is 5.25. The molecule has 1 aromatic heterocycles. The maximum Gasteiger partial charge on any atom is 0.255 e. The van der Waals surface area contributed by atoms with Crippen LogP contribution in [0, 0.1) is 0 Å². The number of amides is 1. The molecule has 3 rings (SSSR count). The van der Waals surface area contributed by atoms with Crippen LogP contribution in [0.15, 0.2) is 54.6 Å². The fourth-order valence-corrected chi connectivity index (χ4v) is 2.38. The van der Waals surface area contributed by atoms with Crippen molar-refractivity contribution in [3.05, 3.63) is 65.2 Å². The van der Waals surface area contributed by atoms with Crippen molar-refractivity contribution in [1.82, 2.24) is 9.97 Å². The van der Waals surface area contributed by atoms with Crippen molar-refractivity contribution in [3.63, 3.8) is 0 Å². The fourth-order valence-electron chi connectivity index (χ4n) is 2.25. The molecule has 0 radical (unpaired) electrons. The minimum Gasteiger partial charge on any atom is -0.479 e. The number of anilines is 4. The average Bonchev–Trinajstić information content (AvgIpc) is 2.65. The second-order valence-corrected chi connectivity index (χ2v) is 5.70. The molecule has 0 fully saturated rings. The van der Waals surface area contributed by atoms with Crippen LogP contribution in [-0.4, -0.2) is 23.0 Å². The third-order valence-corrected chi connectivity index (χ3v) is 3.72. The van der Waals surface area contributed by atoms with E-state index < -0.39 is 0 Å². The van der Waals surface area contributed by atoms with Gasteiger partial charge in [0.1, 0.15) is 5.69 Å². The minimum absolute atomic E-state index is 0.0183. The van der Waals surface area contributed by atoms with Crippen LogP contribution >= 0.6 is 11.6 Å². The summed E-state index contributed by atoms with van der Waals surface area (Å²) >= 11 is 5.86. The Morgan fingerprint density at radius 2 is 1.77 bits per heavy atom. The van der Waals surface area contributed by atoms with Gasteiger partial charge in [-0.05, 0) is 36.4 Å². The summed E-state index contributed by atoms with van der Waals surface area (Å²) in [6, 6.07) is 15.9. The van der Waals surface area contributed by atoms with Gasteiger partial charge in [-0.25, -0.2) is 0 Å². The standard InChI is InChI=1S/C18H16ClN5O2/c1-26-17-14(22-16(25)11-7-9-12(19)10-8-11)15(23-18(20)24-17)21-13-5-3-2-4-6-13/h2-10H,1H3,(H,22,25)(H3,20,21,23,24). The number of nitrogens with one attached hydrogen (secondary N) is 2. The Hall–Kier alpha value is -3.32. The van der Waals surface area contributed by atoms with Crippen molar-refractivity contribution in [3.8, 4) is 5.88 Å². The maximum atomic E-state index is 12.6. The highest BCUT2D eigenvalue weighted by molar-refractivity contribution is 6.30. The highest BCUT2D eigenvalue weighted by Gasteiger charge is 2.18. The first-order valence-electron chi connectivity index (χ1n) is 7.67. The Kier molecular flexibility index (Phi) is 5.19. The number of nitrogen functional groups attached to an aromatic ring is 1. The van der Waals surface area contributed by atoms with Gasteiger partial charge in [0.05, 0.1) is 7.11 Å². The Morgan fingerprint density at radius 3 is 2.42 bits per heavy atom. The molecule has 0 saturated carbocycles. The van der Waals surface area contributed by atoms with Crippen molar-refractivity contribution in [2.45, 2.75) is 0 Å². The lowest BCUT2D eigenvalue weighted by atomic mass is 10.2. The van der Waals surface area contributed by atoms with Crippen LogP contribution in [0.1, 0.15) is 10.4 Å². The minimum atomic E-state index is -0.357. The molecule has 0 aliphatic carbocycles. The van der Waals surface area contributed by atoms with Crippen molar-refractivity contribution >= 4 is 40.6 Å². The molecule has 4 N–H and O–H groups in total. The van der Waals surface area contributed by atoms with E-state index in [4.69, 9.17) is 22.1 Å². The second-order valence-electron chi connectivity index (χ2n) is 5.27. The predicted molar refractivity (Wildman–Crippen MR) is 102 cm³/mol. The van der Waals surface area contributed by atoms with Crippen molar-refractivity contribution in [2.75, 3.05) is 23.5 Å². The number of benzene rings is 2. The van der Waals surface area contributed by atoms with Gasteiger partial charge < -0.3 is 21.1 Å². The van der Waals surface area contributed by atoms with Gasteiger partial charge in [-0.3, -0.25) is 4.79 Å². The Labute approximate surface area is 155 Å². The molecule has 2 aromatic carbocycles. The zero-order chi connectivity index (χ0) is 18.5. The molecule has 0 aliphatic rings. The van der Waals surface area contributed by atoms with Crippen LogP contribution in [0.5, 0.6) is 5.88 Å². The molecule has 1 amide bonds. The molecule has 8 heteroatoms. The fraction of sp³-hybridized carbons (Fsp3) is 0.0556. The maximum absolute atomic E-state index is 12.6. The summed E-state index contributed by atoms with van der Waals surface area (Å²) in [6.45, 7) is 0. The Balaban J connectivity index is 1.96. The van der Waals surface area contributed by atoms with Gasteiger partial charge >= 0.3 is 0 Å². The number of aromatic nitrogens is 2. The lowest BCUT2D eigenvalue weighted by Gasteiger charge is -2.15. The number of halogens is 1. The number of ether oxygens (including phenoxy) is 1. The number of methoxy groups -OCH3 is 1. The topological polar surface area (TPSA) is 102 Å². The largest absolute Gasteiger partial charge is 0.479 e. The van der Waals surface area contributed by atoms with Crippen molar-refractivity contribution in [1.29, 1.82) is 0 Å². The van der Waals surface area contributed by atoms with Gasteiger partial charge in [-0.2, -0.15) is 9.97 Å². The number of carbonyl (C=O) groups excluding carboxylic acids is 1. The van der Waals surface area contributed by atoms with E-state index in [0.717, 1.165) is 5.69 Å². The molecule has 0 spiro atoms. The first-order chi connectivity index (χ1) is 12.6. The molecule has 26 heavy (non-hydrogen) atoms. The third kappa shape index (κ3) is 4.01. The number of hydrogen-bond donors (Lipinski definition) is 3. The molecule has 0 saturated heterocycles. The normalized spacial score (nSPS) is 10.2. The number of carbonyl (C=O) groups is 1. The number of para-hydroxylation sites is 1. The molecule has 0 unspecified atom stereocenters. The highest BCUT2D eigenvalue weighted by Crippen LogP contribution is 2.32. The third-order valence-electron chi connectivity index (χ3n) is 3.47. The van der Waals surface area contributed by atoms with E-state index in [9.17, 15) is 4.79 Å². The van der Waals surface area contributed by atoms with E-state index in [1.807, 2.05) is 30.3 Å². The first kappa shape index (κ1) is 17.5. The number of rotatable bonds is 5. The van der Waals surface area contributed by atoms with Crippen LogP contribution in [0.4, 0.5) is 23.1 Å². The number of hydrogen-bond acceptors (Lipinski definition) is 6. The van der Waals surface area contributed by atoms with E-state index in [-0.39, 0.29) is 23.4 Å². The summed E-state index contributed by atoms with van der Waals surface area (Å²) in [6.07, 6.45) is 0. The molecule has 1 heterocycles. The zero-order valence-electron chi connectivity index (χ0n) is 13.9. The average molecular weight is 370 g/mol. The summed E-state index contributed by atoms with van der Waals surface area (Å²) in [5.41, 5.74) is 7.23. The highest BCUT2D eigenvalue weighted by atomic mass is 35.5. The number of nitrogens with zero attached hydrogens (tertiary/aromatic N) is 2. The van der Waals surface area contributed by atoms with Gasteiger partial charge in [0.25, 0.3) is 5.91 Å². The molecule has 132 valence electrons. The predicted octanol–water partition coefficient (Wildman–Crippen LogP) is 3.72. The van der Waals surface area contributed by atoms with Crippen molar-refractivity contribution < 1.29 is 9.53 Å². The SMILES string of the molecule is COc1nc(N)nc(Nc2ccccc2)c1NC(=O)c1ccc(Cl)cc1. The van der Waals surface area contributed by atoms with Crippen LogP contribution in [0.3, 0.4) is 0 Å². The summed E-state index contributed by atoms with van der Waals surface area (Å²) in [7, 11) is 1.44. The van der Waals surface area contributed by atoms with Gasteiger partial charge in [-0.1, -0.05) is 29.8 Å². The zero-order valence-corrected chi connectivity index (χ0v) is 14.6. The second kappa shape index (κ2) is 7.71.